The van der Waals surface area contributed by atoms with Gasteiger partial charge < -0.3 is 30.2 Å². The lowest BCUT2D eigenvalue weighted by Crippen LogP contribution is -2.30. The molecule has 0 aliphatic heterocycles. The standard InChI is InChI=1S/C34H33N3O6S/c1-22(32(38)36-29-21-27(42-3)16-19-31(29)43-4)44-28-17-12-25(13-18-28)35-34(40)30(20-23-10-14-26(41-2)15-11-23)37-33(39)24-8-6-5-7-9-24/h5-22H,1-4H3,(H,35,40)(H,36,38)(H,37,39)/b30-20-. The van der Waals surface area contributed by atoms with Crippen molar-refractivity contribution in [2.45, 2.75) is 17.1 Å². The van der Waals surface area contributed by atoms with Crippen LogP contribution in [0.15, 0.2) is 108 Å². The number of thioether (sulfide) groups is 1. The third-order valence-corrected chi connectivity index (χ3v) is 7.53. The molecular weight excluding hydrogens is 578 g/mol. The van der Waals surface area contributed by atoms with E-state index in [4.69, 9.17) is 14.2 Å². The molecule has 0 aliphatic rings. The molecule has 9 nitrogen and oxygen atoms in total. The summed E-state index contributed by atoms with van der Waals surface area (Å²) in [5.41, 5.74) is 2.23. The van der Waals surface area contributed by atoms with E-state index in [1.165, 1.54) is 18.9 Å². The molecule has 3 N–H and O–H groups in total. The predicted molar refractivity (Wildman–Crippen MR) is 173 cm³/mol. The molecule has 0 aromatic heterocycles. The minimum atomic E-state index is -0.495. The van der Waals surface area contributed by atoms with Gasteiger partial charge in [-0.15, -0.1) is 11.8 Å². The molecular formula is C34H33N3O6S. The van der Waals surface area contributed by atoms with Crippen molar-refractivity contribution in [3.63, 3.8) is 0 Å². The summed E-state index contributed by atoms with van der Waals surface area (Å²) in [7, 11) is 4.66. The Morgan fingerprint density at radius 3 is 2.05 bits per heavy atom. The van der Waals surface area contributed by atoms with Crippen LogP contribution in [0.5, 0.6) is 17.2 Å². The molecule has 0 spiro atoms. The zero-order valence-electron chi connectivity index (χ0n) is 24.8. The summed E-state index contributed by atoms with van der Waals surface area (Å²) >= 11 is 1.36. The van der Waals surface area contributed by atoms with Crippen molar-refractivity contribution < 1.29 is 28.6 Å². The van der Waals surface area contributed by atoms with Gasteiger partial charge in [-0.1, -0.05) is 30.3 Å². The zero-order chi connectivity index (χ0) is 31.5. The summed E-state index contributed by atoms with van der Waals surface area (Å²) < 4.78 is 15.8. The van der Waals surface area contributed by atoms with E-state index in [1.54, 1.807) is 106 Å². The van der Waals surface area contributed by atoms with E-state index in [0.29, 0.717) is 39.8 Å². The van der Waals surface area contributed by atoms with Gasteiger partial charge in [0.15, 0.2) is 0 Å². The first-order chi connectivity index (χ1) is 21.3. The minimum Gasteiger partial charge on any atom is -0.497 e. The molecule has 0 saturated carbocycles. The van der Waals surface area contributed by atoms with Gasteiger partial charge in [-0.3, -0.25) is 14.4 Å². The first-order valence-corrected chi connectivity index (χ1v) is 14.5. The Morgan fingerprint density at radius 2 is 1.41 bits per heavy atom. The van der Waals surface area contributed by atoms with Crippen molar-refractivity contribution in [3.8, 4) is 17.2 Å². The van der Waals surface area contributed by atoms with E-state index in [9.17, 15) is 14.4 Å². The number of ether oxygens (including phenoxy) is 3. The van der Waals surface area contributed by atoms with Gasteiger partial charge in [-0.05, 0) is 79.2 Å². The van der Waals surface area contributed by atoms with Crippen LogP contribution >= 0.6 is 11.8 Å². The molecule has 0 heterocycles. The van der Waals surface area contributed by atoms with Gasteiger partial charge in [-0.2, -0.15) is 0 Å². The monoisotopic (exact) mass is 611 g/mol. The number of hydrogen-bond donors (Lipinski definition) is 3. The molecule has 44 heavy (non-hydrogen) atoms. The Hall–Kier alpha value is -5.22. The third kappa shape index (κ3) is 8.65. The van der Waals surface area contributed by atoms with E-state index in [-0.39, 0.29) is 11.6 Å². The van der Waals surface area contributed by atoms with E-state index in [0.717, 1.165) is 4.90 Å². The number of nitrogens with one attached hydrogen (secondary N) is 3. The van der Waals surface area contributed by atoms with Crippen molar-refractivity contribution in [1.29, 1.82) is 0 Å². The number of hydrogen-bond acceptors (Lipinski definition) is 7. The zero-order valence-corrected chi connectivity index (χ0v) is 25.6. The summed E-state index contributed by atoms with van der Waals surface area (Å²) in [5, 5.41) is 8.03. The second kappa shape index (κ2) is 15.3. The molecule has 0 bridgehead atoms. The molecule has 1 unspecified atom stereocenters. The molecule has 4 rings (SSSR count). The molecule has 3 amide bonds. The maximum Gasteiger partial charge on any atom is 0.272 e. The molecule has 1 atom stereocenters. The first kappa shape index (κ1) is 31.7. The van der Waals surface area contributed by atoms with Crippen LogP contribution in [0.1, 0.15) is 22.8 Å². The predicted octanol–water partition coefficient (Wildman–Crippen LogP) is 6.24. The maximum absolute atomic E-state index is 13.3. The Kier molecular flexibility index (Phi) is 11.0. The number of amides is 3. The molecule has 0 radical (unpaired) electrons. The van der Waals surface area contributed by atoms with Crippen LogP contribution in [-0.2, 0) is 9.59 Å². The Bertz CT molecular complexity index is 1620. The molecule has 226 valence electrons. The first-order valence-electron chi connectivity index (χ1n) is 13.6. The van der Waals surface area contributed by atoms with E-state index in [2.05, 4.69) is 16.0 Å². The summed E-state index contributed by atoms with van der Waals surface area (Å²) in [5.74, 6) is 0.682. The molecule has 0 fully saturated rings. The fourth-order valence-electron chi connectivity index (χ4n) is 4.03. The quantitative estimate of drug-likeness (QED) is 0.128. The number of anilines is 2. The third-order valence-electron chi connectivity index (χ3n) is 6.41. The van der Waals surface area contributed by atoms with Gasteiger partial charge >= 0.3 is 0 Å². The van der Waals surface area contributed by atoms with Crippen LogP contribution in [0.25, 0.3) is 6.08 Å². The lowest BCUT2D eigenvalue weighted by molar-refractivity contribution is -0.115. The molecule has 4 aromatic rings. The average Bonchev–Trinajstić information content (AvgIpc) is 3.05. The van der Waals surface area contributed by atoms with Crippen molar-refractivity contribution >= 4 is 46.9 Å². The van der Waals surface area contributed by atoms with Gasteiger partial charge in [0.2, 0.25) is 5.91 Å². The van der Waals surface area contributed by atoms with Crippen LogP contribution < -0.4 is 30.2 Å². The fraction of sp³-hybridized carbons (Fsp3) is 0.147. The molecule has 10 heteroatoms. The number of benzene rings is 4. The highest BCUT2D eigenvalue weighted by Gasteiger charge is 2.18. The van der Waals surface area contributed by atoms with Gasteiger partial charge in [-0.25, -0.2) is 0 Å². The van der Waals surface area contributed by atoms with E-state index >= 15 is 0 Å². The highest BCUT2D eigenvalue weighted by molar-refractivity contribution is 8.00. The summed E-state index contributed by atoms with van der Waals surface area (Å²) in [6.45, 7) is 1.80. The smallest absolute Gasteiger partial charge is 0.272 e. The van der Waals surface area contributed by atoms with Crippen molar-refractivity contribution in [2.75, 3.05) is 32.0 Å². The SMILES string of the molecule is COc1ccc(/C=C(\NC(=O)c2ccccc2)C(=O)Nc2ccc(SC(C)C(=O)Nc3cc(OC)ccc3OC)cc2)cc1. The van der Waals surface area contributed by atoms with E-state index < -0.39 is 17.1 Å². The van der Waals surface area contributed by atoms with E-state index in [1.807, 2.05) is 18.2 Å². The lowest BCUT2D eigenvalue weighted by Gasteiger charge is -2.15. The van der Waals surface area contributed by atoms with Crippen molar-refractivity contribution in [1.82, 2.24) is 5.32 Å². The molecule has 0 aliphatic carbocycles. The van der Waals surface area contributed by atoms with Crippen LogP contribution in [0.3, 0.4) is 0 Å². The Labute approximate surface area is 260 Å². The van der Waals surface area contributed by atoms with Crippen LogP contribution in [0, 0.1) is 0 Å². The number of carbonyl (C=O) groups excluding carboxylic acids is 3. The van der Waals surface area contributed by atoms with Crippen LogP contribution in [0.4, 0.5) is 11.4 Å². The number of rotatable bonds is 12. The van der Waals surface area contributed by atoms with Gasteiger partial charge in [0, 0.05) is 22.2 Å². The Morgan fingerprint density at radius 1 is 0.750 bits per heavy atom. The fourth-order valence-corrected chi connectivity index (χ4v) is 4.90. The summed E-state index contributed by atoms with van der Waals surface area (Å²) in [4.78, 5) is 40.0. The topological polar surface area (TPSA) is 115 Å². The van der Waals surface area contributed by atoms with Gasteiger partial charge in [0.25, 0.3) is 11.8 Å². The minimum absolute atomic E-state index is 0.0701. The number of methoxy groups -OCH3 is 3. The second-order valence-electron chi connectivity index (χ2n) is 9.45. The largest absolute Gasteiger partial charge is 0.497 e. The molecule has 0 saturated heterocycles. The van der Waals surface area contributed by atoms with Crippen LogP contribution in [-0.4, -0.2) is 44.3 Å². The summed E-state index contributed by atoms with van der Waals surface area (Å²) in [6, 6.07) is 28.0. The second-order valence-corrected chi connectivity index (χ2v) is 10.9. The summed E-state index contributed by atoms with van der Waals surface area (Å²) in [6.07, 6.45) is 1.59. The van der Waals surface area contributed by atoms with Crippen molar-refractivity contribution in [2.24, 2.45) is 0 Å². The highest BCUT2D eigenvalue weighted by Crippen LogP contribution is 2.31. The Balaban J connectivity index is 1.43. The average molecular weight is 612 g/mol. The van der Waals surface area contributed by atoms with Crippen molar-refractivity contribution in [3.05, 3.63) is 114 Å². The van der Waals surface area contributed by atoms with Crippen LogP contribution in [0.2, 0.25) is 0 Å². The number of carbonyl (C=O) groups is 3. The normalized spacial score (nSPS) is 11.6. The highest BCUT2D eigenvalue weighted by atomic mass is 32.2. The van der Waals surface area contributed by atoms with Gasteiger partial charge in [0.1, 0.15) is 22.9 Å². The van der Waals surface area contributed by atoms with Gasteiger partial charge in [0.05, 0.1) is 32.3 Å². The lowest BCUT2D eigenvalue weighted by atomic mass is 10.1. The molecule has 4 aromatic carbocycles. The maximum atomic E-state index is 13.3.